The third kappa shape index (κ3) is 2.59. The maximum atomic E-state index is 4.74. The molecule has 17 heavy (non-hydrogen) atoms. The van der Waals surface area contributed by atoms with Crippen LogP contribution in [0.4, 0.5) is 5.82 Å². The molecule has 1 aromatic rings. The van der Waals surface area contributed by atoms with Gasteiger partial charge in [0.25, 0.3) is 0 Å². The summed E-state index contributed by atoms with van der Waals surface area (Å²) in [6.45, 7) is 9.69. The van der Waals surface area contributed by atoms with Crippen molar-refractivity contribution in [1.82, 2.24) is 9.97 Å². The quantitative estimate of drug-likeness (QED) is 0.871. The van der Waals surface area contributed by atoms with Crippen molar-refractivity contribution in [3.05, 3.63) is 17.1 Å². The largest absolute Gasteiger partial charge is 0.370 e. The third-order valence-corrected chi connectivity index (χ3v) is 3.15. The highest BCUT2D eigenvalue weighted by atomic mass is 15.0. The van der Waals surface area contributed by atoms with Crippen LogP contribution in [0.1, 0.15) is 57.6 Å². The maximum Gasteiger partial charge on any atom is 0.136 e. The Morgan fingerprint density at radius 1 is 1.18 bits per heavy atom. The number of nitrogens with zero attached hydrogens (tertiary/aromatic N) is 2. The lowest BCUT2D eigenvalue weighted by Gasteiger charge is -2.19. The molecule has 1 heterocycles. The maximum absolute atomic E-state index is 4.74. The Kier molecular flexibility index (Phi) is 3.36. The fraction of sp³-hybridized carbons (Fsp3) is 0.714. The van der Waals surface area contributed by atoms with Gasteiger partial charge in [-0.2, -0.15) is 0 Å². The molecule has 1 aliphatic rings. The lowest BCUT2D eigenvalue weighted by atomic mass is 9.95. The Bertz CT molecular complexity index is 405. The second-order valence-electron chi connectivity index (χ2n) is 5.85. The van der Waals surface area contributed by atoms with Crippen molar-refractivity contribution in [3.63, 3.8) is 0 Å². The number of aryl methyl sites for hydroxylation is 1. The van der Waals surface area contributed by atoms with Gasteiger partial charge in [-0.05, 0) is 25.7 Å². The third-order valence-electron chi connectivity index (χ3n) is 3.15. The molecule has 1 aromatic heterocycles. The van der Waals surface area contributed by atoms with Crippen molar-refractivity contribution >= 4 is 5.82 Å². The van der Waals surface area contributed by atoms with Crippen LogP contribution in [0, 0.1) is 0 Å². The summed E-state index contributed by atoms with van der Waals surface area (Å²) in [6, 6.07) is 0. The molecule has 3 nitrogen and oxygen atoms in total. The zero-order valence-electron chi connectivity index (χ0n) is 11.4. The van der Waals surface area contributed by atoms with Gasteiger partial charge in [0, 0.05) is 23.2 Å². The number of hydrogen-bond donors (Lipinski definition) is 1. The second kappa shape index (κ2) is 4.63. The van der Waals surface area contributed by atoms with E-state index in [9.17, 15) is 0 Å². The summed E-state index contributed by atoms with van der Waals surface area (Å²) in [5, 5.41) is 3.46. The minimum atomic E-state index is 0.0280. The summed E-state index contributed by atoms with van der Waals surface area (Å²) in [6.07, 6.45) is 4.59. The van der Waals surface area contributed by atoms with E-state index >= 15 is 0 Å². The van der Waals surface area contributed by atoms with Crippen molar-refractivity contribution < 1.29 is 0 Å². The Balaban J connectivity index is 2.39. The molecule has 3 heteroatoms. The standard InChI is InChI=1S/C14H23N3/c1-5-9-15-12-10-7-6-8-11(10)16-13(17-12)14(2,3)4/h5-9H2,1-4H3,(H,15,16,17). The molecule has 0 saturated heterocycles. The van der Waals surface area contributed by atoms with Crippen LogP contribution in [0.2, 0.25) is 0 Å². The van der Waals surface area contributed by atoms with Gasteiger partial charge in [0.1, 0.15) is 11.6 Å². The van der Waals surface area contributed by atoms with E-state index in [0.29, 0.717) is 0 Å². The molecule has 0 unspecified atom stereocenters. The number of aromatic nitrogens is 2. The average molecular weight is 233 g/mol. The van der Waals surface area contributed by atoms with Gasteiger partial charge in [-0.15, -0.1) is 0 Å². The summed E-state index contributed by atoms with van der Waals surface area (Å²) < 4.78 is 0. The fourth-order valence-corrected chi connectivity index (χ4v) is 2.16. The monoisotopic (exact) mass is 233 g/mol. The smallest absolute Gasteiger partial charge is 0.136 e. The van der Waals surface area contributed by atoms with E-state index < -0.39 is 0 Å². The molecule has 0 saturated carbocycles. The summed E-state index contributed by atoms with van der Waals surface area (Å²) in [7, 11) is 0. The van der Waals surface area contributed by atoms with Gasteiger partial charge >= 0.3 is 0 Å². The summed E-state index contributed by atoms with van der Waals surface area (Å²) in [5.74, 6) is 2.05. The van der Waals surface area contributed by atoms with Gasteiger partial charge < -0.3 is 5.32 Å². The topological polar surface area (TPSA) is 37.8 Å². The first-order chi connectivity index (χ1) is 8.02. The molecule has 0 aliphatic heterocycles. The van der Waals surface area contributed by atoms with E-state index in [2.05, 4.69) is 33.0 Å². The molecule has 0 fully saturated rings. The molecule has 0 atom stereocenters. The molecule has 94 valence electrons. The Morgan fingerprint density at radius 2 is 1.94 bits per heavy atom. The van der Waals surface area contributed by atoms with Crippen molar-refractivity contribution in [1.29, 1.82) is 0 Å². The number of hydrogen-bond acceptors (Lipinski definition) is 3. The zero-order chi connectivity index (χ0) is 12.5. The van der Waals surface area contributed by atoms with Crippen LogP contribution in [0.25, 0.3) is 0 Å². The first kappa shape index (κ1) is 12.3. The molecule has 0 spiro atoms. The Hall–Kier alpha value is -1.12. The molecule has 0 radical (unpaired) electrons. The van der Waals surface area contributed by atoms with Gasteiger partial charge in [-0.3, -0.25) is 0 Å². The number of anilines is 1. The van der Waals surface area contributed by atoms with E-state index in [-0.39, 0.29) is 5.41 Å². The van der Waals surface area contributed by atoms with Crippen LogP contribution in [0.15, 0.2) is 0 Å². The predicted molar refractivity (Wildman–Crippen MR) is 71.5 cm³/mol. The Labute approximate surface area is 104 Å². The fourth-order valence-electron chi connectivity index (χ4n) is 2.16. The normalized spacial score (nSPS) is 14.8. The highest BCUT2D eigenvalue weighted by Gasteiger charge is 2.24. The van der Waals surface area contributed by atoms with Gasteiger partial charge in [0.2, 0.25) is 0 Å². The number of nitrogens with one attached hydrogen (secondary N) is 1. The molecule has 0 aromatic carbocycles. The highest BCUT2D eigenvalue weighted by Crippen LogP contribution is 2.29. The molecule has 1 aliphatic carbocycles. The van der Waals surface area contributed by atoms with Gasteiger partial charge in [0.05, 0.1) is 0 Å². The van der Waals surface area contributed by atoms with Gasteiger partial charge in [0.15, 0.2) is 0 Å². The van der Waals surface area contributed by atoms with Gasteiger partial charge in [-0.1, -0.05) is 27.7 Å². The van der Waals surface area contributed by atoms with E-state index in [4.69, 9.17) is 9.97 Å². The average Bonchev–Trinajstić information content (AvgIpc) is 2.72. The van der Waals surface area contributed by atoms with Crippen LogP contribution < -0.4 is 5.32 Å². The van der Waals surface area contributed by atoms with Crippen molar-refractivity contribution in [3.8, 4) is 0 Å². The highest BCUT2D eigenvalue weighted by molar-refractivity contribution is 5.49. The van der Waals surface area contributed by atoms with Crippen LogP contribution in [0.5, 0.6) is 0 Å². The summed E-state index contributed by atoms with van der Waals surface area (Å²) in [5.41, 5.74) is 2.65. The molecule has 1 N–H and O–H groups in total. The molecular formula is C14H23N3. The van der Waals surface area contributed by atoms with Crippen molar-refractivity contribution in [2.24, 2.45) is 0 Å². The van der Waals surface area contributed by atoms with E-state index in [1.54, 1.807) is 0 Å². The van der Waals surface area contributed by atoms with E-state index in [1.807, 2.05) is 0 Å². The minimum absolute atomic E-state index is 0.0280. The second-order valence-corrected chi connectivity index (χ2v) is 5.85. The number of fused-ring (bicyclic) bond motifs is 1. The SMILES string of the molecule is CCCNc1nc(C(C)(C)C)nc2c1CCC2. The summed E-state index contributed by atoms with van der Waals surface area (Å²) >= 11 is 0. The molecule has 2 rings (SSSR count). The Morgan fingerprint density at radius 3 is 2.59 bits per heavy atom. The predicted octanol–water partition coefficient (Wildman–Crippen LogP) is 3.08. The van der Waals surface area contributed by atoms with Crippen LogP contribution in [0.3, 0.4) is 0 Å². The minimum Gasteiger partial charge on any atom is -0.370 e. The summed E-state index contributed by atoms with van der Waals surface area (Å²) in [4.78, 5) is 9.47. The first-order valence-electron chi connectivity index (χ1n) is 6.66. The van der Waals surface area contributed by atoms with Crippen molar-refractivity contribution in [2.75, 3.05) is 11.9 Å². The van der Waals surface area contributed by atoms with Gasteiger partial charge in [-0.25, -0.2) is 9.97 Å². The molecular weight excluding hydrogens is 210 g/mol. The van der Waals surface area contributed by atoms with Crippen LogP contribution >= 0.6 is 0 Å². The van der Waals surface area contributed by atoms with E-state index in [1.165, 1.54) is 17.7 Å². The number of rotatable bonds is 3. The van der Waals surface area contributed by atoms with Crippen molar-refractivity contribution in [2.45, 2.75) is 58.8 Å². The molecule has 0 bridgehead atoms. The lowest BCUT2D eigenvalue weighted by molar-refractivity contribution is 0.542. The van der Waals surface area contributed by atoms with E-state index in [0.717, 1.165) is 37.4 Å². The molecule has 0 amide bonds. The lowest BCUT2D eigenvalue weighted by Crippen LogP contribution is -2.19. The van der Waals surface area contributed by atoms with Crippen LogP contribution in [-0.2, 0) is 18.3 Å². The zero-order valence-corrected chi connectivity index (χ0v) is 11.4. The first-order valence-corrected chi connectivity index (χ1v) is 6.66. The van der Waals surface area contributed by atoms with Crippen LogP contribution in [-0.4, -0.2) is 16.5 Å².